The summed E-state index contributed by atoms with van der Waals surface area (Å²) in [5.41, 5.74) is 0.100. The van der Waals surface area contributed by atoms with E-state index in [0.29, 0.717) is 5.69 Å². The molecule has 1 aliphatic rings. The van der Waals surface area contributed by atoms with E-state index < -0.39 is 47.2 Å². The number of ether oxygens (including phenoxy) is 2. The number of nitrogens with zero attached hydrogens (tertiary/aromatic N) is 3. The number of carboxylic acids is 1. The van der Waals surface area contributed by atoms with Crippen LogP contribution in [-0.4, -0.2) is 68.3 Å². The van der Waals surface area contributed by atoms with Crippen LogP contribution in [-0.2, 0) is 14.3 Å². The van der Waals surface area contributed by atoms with Crippen LogP contribution in [0.5, 0.6) is 5.88 Å². The molecule has 194 valence electrons. The largest absolute Gasteiger partial charge is 0.480 e. The van der Waals surface area contributed by atoms with Gasteiger partial charge in [0.25, 0.3) is 0 Å². The molecule has 2 aromatic rings. The van der Waals surface area contributed by atoms with Crippen molar-refractivity contribution in [3.05, 3.63) is 42.7 Å². The maximum atomic E-state index is 13.6. The van der Waals surface area contributed by atoms with Crippen LogP contribution in [0.3, 0.4) is 0 Å². The predicted octanol–water partition coefficient (Wildman–Crippen LogP) is 3.52. The number of rotatable bonds is 6. The third kappa shape index (κ3) is 6.93. The van der Waals surface area contributed by atoms with Crippen molar-refractivity contribution in [3.63, 3.8) is 0 Å². The fourth-order valence-corrected chi connectivity index (χ4v) is 3.94. The Hall–Kier alpha value is -3.69. The van der Waals surface area contributed by atoms with Crippen LogP contribution < -0.4 is 10.1 Å². The summed E-state index contributed by atoms with van der Waals surface area (Å²) >= 11 is 0. The number of hydrogen-bond donors (Lipinski definition) is 2. The lowest BCUT2D eigenvalue weighted by atomic mass is 9.85. The zero-order valence-electron chi connectivity index (χ0n) is 21.5. The number of carboxylic acid groups (broad SMARTS) is 1. The quantitative estimate of drug-likeness (QED) is 0.619. The number of amides is 2. The van der Waals surface area contributed by atoms with E-state index in [0.717, 1.165) is 5.56 Å². The minimum absolute atomic E-state index is 0.0308. The van der Waals surface area contributed by atoms with Gasteiger partial charge in [0, 0.05) is 18.1 Å². The standard InChI is InChI=1S/C26H34N4O6/c1-25(2,3)21(29-24(34)36-26(4,5)6)22(31)30-14-17(12-19(30)23(32)33)35-20-13-18(27-15-28-20)16-10-8-7-9-11-16/h7-11,13,15,17,19,21H,12,14H2,1-6H3,(H,29,34)(H,32,33). The smallest absolute Gasteiger partial charge is 0.408 e. The molecule has 0 saturated carbocycles. The highest BCUT2D eigenvalue weighted by Gasteiger charge is 2.46. The number of carbonyl (C=O) groups is 3. The van der Waals surface area contributed by atoms with Gasteiger partial charge in [-0.3, -0.25) is 4.79 Å². The van der Waals surface area contributed by atoms with Crippen molar-refractivity contribution < 1.29 is 29.0 Å². The van der Waals surface area contributed by atoms with Crippen LogP contribution in [0.2, 0.25) is 0 Å². The Kier molecular flexibility index (Phi) is 7.86. The second kappa shape index (κ2) is 10.5. The Balaban J connectivity index is 1.78. The van der Waals surface area contributed by atoms with Crippen LogP contribution in [0.25, 0.3) is 11.3 Å². The van der Waals surface area contributed by atoms with Crippen molar-refractivity contribution in [2.24, 2.45) is 5.41 Å². The van der Waals surface area contributed by atoms with Crippen molar-refractivity contribution >= 4 is 18.0 Å². The number of hydrogen-bond acceptors (Lipinski definition) is 7. The first-order valence-corrected chi connectivity index (χ1v) is 11.8. The molecule has 2 amide bonds. The summed E-state index contributed by atoms with van der Waals surface area (Å²) < 4.78 is 11.3. The van der Waals surface area contributed by atoms with Gasteiger partial charge in [-0.15, -0.1) is 0 Å². The lowest BCUT2D eigenvalue weighted by molar-refractivity contribution is -0.150. The van der Waals surface area contributed by atoms with Crippen LogP contribution >= 0.6 is 0 Å². The molecular formula is C26H34N4O6. The Morgan fingerprint density at radius 1 is 1.08 bits per heavy atom. The van der Waals surface area contributed by atoms with Crippen molar-refractivity contribution in [2.75, 3.05) is 6.54 Å². The summed E-state index contributed by atoms with van der Waals surface area (Å²) in [6.45, 7) is 10.6. The summed E-state index contributed by atoms with van der Waals surface area (Å²) in [6.07, 6.45) is 0.111. The molecule has 1 fully saturated rings. The Morgan fingerprint density at radius 3 is 2.33 bits per heavy atom. The Bertz CT molecular complexity index is 1090. The molecule has 2 heterocycles. The third-order valence-corrected chi connectivity index (χ3v) is 5.60. The van der Waals surface area contributed by atoms with Crippen molar-refractivity contribution in [1.82, 2.24) is 20.2 Å². The maximum Gasteiger partial charge on any atom is 0.408 e. The fraction of sp³-hybridized carbons (Fsp3) is 0.500. The average Bonchev–Trinajstić information content (AvgIpc) is 3.20. The van der Waals surface area contributed by atoms with E-state index in [1.807, 2.05) is 30.3 Å². The summed E-state index contributed by atoms with van der Waals surface area (Å²) in [6, 6.07) is 9.08. The monoisotopic (exact) mass is 498 g/mol. The lowest BCUT2D eigenvalue weighted by Crippen LogP contribution is -2.57. The molecule has 0 spiro atoms. The molecule has 36 heavy (non-hydrogen) atoms. The third-order valence-electron chi connectivity index (χ3n) is 5.60. The fourth-order valence-electron chi connectivity index (χ4n) is 3.94. The van der Waals surface area contributed by atoms with Crippen molar-refractivity contribution in [3.8, 4) is 17.1 Å². The maximum absolute atomic E-state index is 13.6. The van der Waals surface area contributed by atoms with Gasteiger partial charge < -0.3 is 24.8 Å². The molecule has 10 nitrogen and oxygen atoms in total. The first-order chi connectivity index (χ1) is 16.7. The molecule has 0 radical (unpaired) electrons. The van der Waals surface area contributed by atoms with E-state index >= 15 is 0 Å². The van der Waals surface area contributed by atoms with Crippen LogP contribution in [0, 0.1) is 5.41 Å². The van der Waals surface area contributed by atoms with Crippen molar-refractivity contribution in [1.29, 1.82) is 0 Å². The molecule has 3 rings (SSSR count). The van der Waals surface area contributed by atoms with Gasteiger partial charge in [-0.1, -0.05) is 51.1 Å². The van der Waals surface area contributed by atoms with Gasteiger partial charge in [-0.05, 0) is 26.2 Å². The first kappa shape index (κ1) is 26.9. The molecule has 2 N–H and O–H groups in total. The number of likely N-dealkylation sites (tertiary alicyclic amines) is 1. The van der Waals surface area contributed by atoms with Gasteiger partial charge >= 0.3 is 12.1 Å². The van der Waals surface area contributed by atoms with Gasteiger partial charge in [0.05, 0.1) is 12.2 Å². The Morgan fingerprint density at radius 2 is 1.75 bits per heavy atom. The van der Waals surface area contributed by atoms with Gasteiger partial charge in [0.2, 0.25) is 11.8 Å². The number of benzene rings is 1. The number of carbonyl (C=O) groups excluding carboxylic acids is 2. The minimum atomic E-state index is -1.15. The van der Waals surface area contributed by atoms with Crippen LogP contribution in [0.15, 0.2) is 42.7 Å². The summed E-state index contributed by atoms with van der Waals surface area (Å²) in [4.78, 5) is 47.7. The van der Waals surface area contributed by atoms with Gasteiger partial charge in [0.1, 0.15) is 30.1 Å². The topological polar surface area (TPSA) is 131 Å². The highest BCUT2D eigenvalue weighted by Crippen LogP contribution is 2.29. The van der Waals surface area contributed by atoms with E-state index in [2.05, 4.69) is 15.3 Å². The molecule has 10 heteroatoms. The second-order valence-electron chi connectivity index (χ2n) is 10.9. The number of aliphatic carboxylic acids is 1. The first-order valence-electron chi connectivity index (χ1n) is 11.8. The summed E-state index contributed by atoms with van der Waals surface area (Å²) in [5, 5.41) is 12.5. The van der Waals surface area contributed by atoms with Gasteiger partial charge in [-0.25, -0.2) is 19.6 Å². The van der Waals surface area contributed by atoms with Gasteiger partial charge in [-0.2, -0.15) is 0 Å². The van der Waals surface area contributed by atoms with E-state index in [-0.39, 0.29) is 18.8 Å². The molecule has 0 aliphatic carbocycles. The SMILES string of the molecule is CC(C)(C)OC(=O)NC(C(=O)N1CC(Oc2cc(-c3ccccc3)ncn2)CC1C(=O)O)C(C)(C)C. The van der Waals surface area contributed by atoms with Crippen LogP contribution in [0.4, 0.5) is 4.79 Å². The highest BCUT2D eigenvalue weighted by atomic mass is 16.6. The average molecular weight is 499 g/mol. The molecule has 1 aromatic carbocycles. The summed E-state index contributed by atoms with van der Waals surface area (Å²) in [5.74, 6) is -1.38. The number of nitrogens with one attached hydrogen (secondary N) is 1. The van der Waals surface area contributed by atoms with Crippen LogP contribution in [0.1, 0.15) is 48.0 Å². The molecule has 1 aromatic heterocycles. The van der Waals surface area contributed by atoms with E-state index in [1.165, 1.54) is 11.2 Å². The Labute approximate surface area is 211 Å². The molecule has 3 unspecified atom stereocenters. The zero-order valence-corrected chi connectivity index (χ0v) is 21.5. The molecule has 3 atom stereocenters. The molecule has 0 bridgehead atoms. The molecule has 1 saturated heterocycles. The summed E-state index contributed by atoms with van der Waals surface area (Å²) in [7, 11) is 0. The number of aromatic nitrogens is 2. The molecule has 1 aliphatic heterocycles. The van der Waals surface area contributed by atoms with E-state index in [9.17, 15) is 19.5 Å². The highest BCUT2D eigenvalue weighted by molar-refractivity contribution is 5.90. The van der Waals surface area contributed by atoms with Crippen molar-refractivity contribution in [2.45, 2.75) is 71.8 Å². The minimum Gasteiger partial charge on any atom is -0.480 e. The van der Waals surface area contributed by atoms with E-state index in [4.69, 9.17) is 9.47 Å². The second-order valence-corrected chi connectivity index (χ2v) is 10.9. The molecular weight excluding hydrogens is 464 g/mol. The van der Waals surface area contributed by atoms with E-state index in [1.54, 1.807) is 47.6 Å². The normalized spacial score (nSPS) is 18.9. The number of alkyl carbamates (subject to hydrolysis) is 1. The van der Waals surface area contributed by atoms with Gasteiger partial charge in [0.15, 0.2) is 0 Å². The zero-order chi connectivity index (χ0) is 26.7. The predicted molar refractivity (Wildman–Crippen MR) is 132 cm³/mol. The lowest BCUT2D eigenvalue weighted by Gasteiger charge is -2.35.